The minimum Gasteiger partial charge on any atom is -0.303 e. The molecule has 14 heavy (non-hydrogen) atoms. The molecule has 1 aromatic carbocycles. The molecule has 2 heteroatoms. The Balaban J connectivity index is 2.88. The van der Waals surface area contributed by atoms with Gasteiger partial charge in [0.1, 0.15) is 12.1 Å². The number of ketones is 1. The Morgan fingerprint density at radius 1 is 1.36 bits per heavy atom. The van der Waals surface area contributed by atoms with Crippen LogP contribution in [0.3, 0.4) is 0 Å². The molecule has 0 heterocycles. The van der Waals surface area contributed by atoms with Crippen molar-refractivity contribution in [3.8, 4) is 0 Å². The highest BCUT2D eigenvalue weighted by Crippen LogP contribution is 2.20. The number of hydrogen-bond acceptors (Lipinski definition) is 2. The molecule has 0 spiro atoms. The van der Waals surface area contributed by atoms with Gasteiger partial charge >= 0.3 is 0 Å². The van der Waals surface area contributed by atoms with Crippen molar-refractivity contribution < 1.29 is 9.59 Å². The summed E-state index contributed by atoms with van der Waals surface area (Å²) >= 11 is 0. The van der Waals surface area contributed by atoms with Crippen LogP contribution in [0.4, 0.5) is 0 Å². The van der Waals surface area contributed by atoms with Crippen LogP contribution >= 0.6 is 0 Å². The average Bonchev–Trinajstić information content (AvgIpc) is 2.26. The van der Waals surface area contributed by atoms with E-state index in [0.717, 1.165) is 11.8 Å². The first-order chi connectivity index (χ1) is 6.79. The van der Waals surface area contributed by atoms with Gasteiger partial charge in [0.25, 0.3) is 0 Å². The van der Waals surface area contributed by atoms with Crippen LogP contribution in [0.2, 0.25) is 0 Å². The lowest BCUT2D eigenvalue weighted by Crippen LogP contribution is -2.11. The zero-order chi connectivity index (χ0) is 10.4. The van der Waals surface area contributed by atoms with Crippen molar-refractivity contribution in [3.63, 3.8) is 0 Å². The maximum absolute atomic E-state index is 11.5. The van der Waals surface area contributed by atoms with E-state index in [1.165, 1.54) is 0 Å². The molecule has 1 unspecified atom stereocenters. The number of rotatable bonds is 5. The molecule has 74 valence electrons. The summed E-state index contributed by atoms with van der Waals surface area (Å²) in [6.45, 7) is 1.82. The molecule has 0 radical (unpaired) electrons. The molecule has 1 rings (SSSR count). The third-order valence-electron chi connectivity index (χ3n) is 2.27. The van der Waals surface area contributed by atoms with Crippen LogP contribution in [0, 0.1) is 0 Å². The number of carbonyl (C=O) groups excluding carboxylic acids is 2. The van der Waals surface area contributed by atoms with Gasteiger partial charge in [-0.1, -0.05) is 37.3 Å². The van der Waals surface area contributed by atoms with Gasteiger partial charge in [0.05, 0.1) is 0 Å². The van der Waals surface area contributed by atoms with Crippen LogP contribution < -0.4 is 0 Å². The summed E-state index contributed by atoms with van der Waals surface area (Å²) in [5, 5.41) is 0. The Kier molecular flexibility index (Phi) is 4.05. The summed E-state index contributed by atoms with van der Waals surface area (Å²) < 4.78 is 0. The van der Waals surface area contributed by atoms with Crippen molar-refractivity contribution in [1.82, 2.24) is 0 Å². The minimum atomic E-state index is -0.251. The van der Waals surface area contributed by atoms with Crippen LogP contribution in [-0.2, 0) is 9.59 Å². The van der Waals surface area contributed by atoms with Crippen LogP contribution in [0.15, 0.2) is 30.3 Å². The molecule has 0 fully saturated rings. The number of hydrogen-bond donors (Lipinski definition) is 0. The quantitative estimate of drug-likeness (QED) is 0.668. The lowest BCUT2D eigenvalue weighted by atomic mass is 9.91. The Hall–Kier alpha value is -1.44. The van der Waals surface area contributed by atoms with Crippen molar-refractivity contribution in [3.05, 3.63) is 35.9 Å². The van der Waals surface area contributed by atoms with Gasteiger partial charge in [0.2, 0.25) is 0 Å². The zero-order valence-electron chi connectivity index (χ0n) is 8.27. The largest absolute Gasteiger partial charge is 0.303 e. The summed E-state index contributed by atoms with van der Waals surface area (Å²) in [7, 11) is 0. The van der Waals surface area contributed by atoms with E-state index in [4.69, 9.17) is 0 Å². The summed E-state index contributed by atoms with van der Waals surface area (Å²) in [6.07, 6.45) is 1.58. The normalized spacial score (nSPS) is 12.1. The monoisotopic (exact) mass is 190 g/mol. The average molecular weight is 190 g/mol. The second-order valence-corrected chi connectivity index (χ2v) is 3.19. The van der Waals surface area contributed by atoms with E-state index < -0.39 is 0 Å². The first kappa shape index (κ1) is 10.6. The lowest BCUT2D eigenvalue weighted by Gasteiger charge is -2.11. The number of Topliss-reactive ketones (excluding diaryl/α,β-unsaturated/α-hetero) is 1. The van der Waals surface area contributed by atoms with E-state index in [-0.39, 0.29) is 18.1 Å². The summed E-state index contributed by atoms with van der Waals surface area (Å²) in [6, 6.07) is 9.45. The Morgan fingerprint density at radius 3 is 2.50 bits per heavy atom. The number of carbonyl (C=O) groups is 2. The predicted molar refractivity (Wildman–Crippen MR) is 55.2 cm³/mol. The molecule has 0 aliphatic heterocycles. The molecular weight excluding hydrogens is 176 g/mol. The van der Waals surface area contributed by atoms with Gasteiger partial charge in [-0.25, -0.2) is 0 Å². The second kappa shape index (κ2) is 5.32. The molecular formula is C12H14O2. The molecule has 0 amide bonds. The SMILES string of the molecule is CCC(=O)C(CC=O)c1ccccc1. The highest BCUT2D eigenvalue weighted by molar-refractivity contribution is 5.87. The topological polar surface area (TPSA) is 34.1 Å². The molecule has 2 nitrogen and oxygen atoms in total. The van der Waals surface area contributed by atoms with Crippen LogP contribution in [0.5, 0.6) is 0 Å². The molecule has 1 aromatic rings. The fourth-order valence-electron chi connectivity index (χ4n) is 1.48. The maximum atomic E-state index is 11.5. The van der Waals surface area contributed by atoms with Gasteiger partial charge in [-0.05, 0) is 5.56 Å². The molecule has 0 aromatic heterocycles. The molecule has 0 aliphatic carbocycles. The van der Waals surface area contributed by atoms with E-state index >= 15 is 0 Å². The minimum absolute atomic E-state index is 0.128. The first-order valence-electron chi connectivity index (χ1n) is 4.81. The van der Waals surface area contributed by atoms with Crippen molar-refractivity contribution in [2.75, 3.05) is 0 Å². The van der Waals surface area contributed by atoms with Crippen LogP contribution in [0.25, 0.3) is 0 Å². The summed E-state index contributed by atoms with van der Waals surface area (Å²) in [5.41, 5.74) is 0.937. The lowest BCUT2D eigenvalue weighted by molar-refractivity contribution is -0.122. The molecule has 0 aliphatic rings. The molecule has 1 atom stereocenters. The number of aldehydes is 1. The molecule has 0 saturated carbocycles. The van der Waals surface area contributed by atoms with Crippen molar-refractivity contribution in [2.24, 2.45) is 0 Å². The molecule has 0 bridgehead atoms. The van der Waals surface area contributed by atoms with Crippen LogP contribution in [0.1, 0.15) is 31.2 Å². The van der Waals surface area contributed by atoms with Gasteiger partial charge < -0.3 is 4.79 Å². The zero-order valence-corrected chi connectivity index (χ0v) is 8.27. The Bertz CT molecular complexity index is 303. The van der Waals surface area contributed by atoms with Gasteiger partial charge in [-0.2, -0.15) is 0 Å². The van der Waals surface area contributed by atoms with Gasteiger partial charge in [-0.3, -0.25) is 4.79 Å². The molecule has 0 N–H and O–H groups in total. The highest BCUT2D eigenvalue weighted by atomic mass is 16.1. The van der Waals surface area contributed by atoms with Crippen molar-refractivity contribution in [2.45, 2.75) is 25.7 Å². The van der Waals surface area contributed by atoms with Gasteiger partial charge in [0.15, 0.2) is 0 Å². The first-order valence-corrected chi connectivity index (χ1v) is 4.81. The summed E-state index contributed by atoms with van der Waals surface area (Å²) in [4.78, 5) is 22.0. The van der Waals surface area contributed by atoms with E-state index in [2.05, 4.69) is 0 Å². The Morgan fingerprint density at radius 2 is 2.00 bits per heavy atom. The fourth-order valence-corrected chi connectivity index (χ4v) is 1.48. The number of benzene rings is 1. The third kappa shape index (κ3) is 2.52. The third-order valence-corrected chi connectivity index (χ3v) is 2.27. The van der Waals surface area contributed by atoms with Gasteiger partial charge in [0, 0.05) is 18.8 Å². The van der Waals surface area contributed by atoms with Crippen molar-refractivity contribution in [1.29, 1.82) is 0 Å². The van der Waals surface area contributed by atoms with E-state index in [1.54, 1.807) is 0 Å². The fraction of sp³-hybridized carbons (Fsp3) is 0.333. The Labute approximate surface area is 83.9 Å². The van der Waals surface area contributed by atoms with Crippen LogP contribution in [-0.4, -0.2) is 12.1 Å². The summed E-state index contributed by atoms with van der Waals surface area (Å²) in [5.74, 6) is -0.123. The van der Waals surface area contributed by atoms with E-state index in [9.17, 15) is 9.59 Å². The molecule has 0 saturated heterocycles. The standard InChI is InChI=1S/C12H14O2/c1-2-12(14)11(8-9-13)10-6-4-3-5-7-10/h3-7,9,11H,2,8H2,1H3. The maximum Gasteiger partial charge on any atom is 0.140 e. The second-order valence-electron chi connectivity index (χ2n) is 3.19. The van der Waals surface area contributed by atoms with E-state index in [1.807, 2.05) is 37.3 Å². The predicted octanol–water partition coefficient (Wildman–Crippen LogP) is 2.34. The highest BCUT2D eigenvalue weighted by Gasteiger charge is 2.17. The van der Waals surface area contributed by atoms with E-state index in [0.29, 0.717) is 6.42 Å². The van der Waals surface area contributed by atoms with Crippen molar-refractivity contribution >= 4 is 12.1 Å². The van der Waals surface area contributed by atoms with Gasteiger partial charge in [-0.15, -0.1) is 0 Å². The smallest absolute Gasteiger partial charge is 0.140 e.